The van der Waals surface area contributed by atoms with E-state index in [4.69, 9.17) is 0 Å². The number of rotatable bonds is 2. The summed E-state index contributed by atoms with van der Waals surface area (Å²) in [6.45, 7) is 0. The van der Waals surface area contributed by atoms with Crippen LogP contribution in [0.5, 0.6) is 0 Å². The zero-order valence-electron chi connectivity index (χ0n) is 8.85. The second kappa shape index (κ2) is 4.13. The molecule has 1 aliphatic carbocycles. The number of benzene rings is 1. The van der Waals surface area contributed by atoms with E-state index in [1.54, 1.807) is 0 Å². The van der Waals surface area contributed by atoms with Crippen molar-refractivity contribution in [3.63, 3.8) is 0 Å². The van der Waals surface area contributed by atoms with Gasteiger partial charge in [-0.15, -0.1) is 0 Å². The Hall–Kier alpha value is -1.39. The van der Waals surface area contributed by atoms with Gasteiger partial charge in [-0.2, -0.15) is 13.2 Å². The second-order valence-electron chi connectivity index (χ2n) is 4.19. The van der Waals surface area contributed by atoms with Gasteiger partial charge >= 0.3 is 6.18 Å². The van der Waals surface area contributed by atoms with E-state index in [-0.39, 0.29) is 5.92 Å². The van der Waals surface area contributed by atoms with Crippen molar-refractivity contribution < 1.29 is 22.4 Å². The Kier molecular flexibility index (Phi) is 2.93. The summed E-state index contributed by atoms with van der Waals surface area (Å²) >= 11 is 0. The molecule has 5 heteroatoms. The highest BCUT2D eigenvalue weighted by atomic mass is 19.4. The summed E-state index contributed by atoms with van der Waals surface area (Å²) in [5.41, 5.74) is -0.257. The molecule has 1 aromatic carbocycles. The molecule has 0 bridgehead atoms. The number of ketones is 1. The fourth-order valence-corrected chi connectivity index (χ4v) is 1.87. The Morgan fingerprint density at radius 3 is 2.35 bits per heavy atom. The van der Waals surface area contributed by atoms with Gasteiger partial charge in [-0.1, -0.05) is 12.5 Å². The van der Waals surface area contributed by atoms with Gasteiger partial charge in [-0.25, -0.2) is 4.39 Å². The summed E-state index contributed by atoms with van der Waals surface area (Å²) < 4.78 is 49.9. The molecule has 0 aliphatic heterocycles. The van der Waals surface area contributed by atoms with Gasteiger partial charge < -0.3 is 0 Å². The smallest absolute Gasteiger partial charge is 0.284 e. The lowest BCUT2D eigenvalue weighted by Gasteiger charge is -2.26. The maximum absolute atomic E-state index is 13.2. The van der Waals surface area contributed by atoms with Gasteiger partial charge in [0, 0.05) is 0 Å². The first-order chi connectivity index (χ1) is 7.89. The van der Waals surface area contributed by atoms with Crippen molar-refractivity contribution in [3.05, 3.63) is 35.1 Å². The van der Waals surface area contributed by atoms with Crippen molar-refractivity contribution >= 4 is 5.78 Å². The Morgan fingerprint density at radius 1 is 1.24 bits per heavy atom. The number of hydrogen-bond donors (Lipinski definition) is 0. The number of alkyl halides is 3. The molecule has 0 aromatic heterocycles. The van der Waals surface area contributed by atoms with Gasteiger partial charge in [0.25, 0.3) is 5.78 Å². The summed E-state index contributed by atoms with van der Waals surface area (Å²) in [7, 11) is 0. The molecule has 0 spiro atoms. The van der Waals surface area contributed by atoms with E-state index in [1.807, 2.05) is 0 Å². The van der Waals surface area contributed by atoms with E-state index < -0.39 is 23.3 Å². The minimum absolute atomic E-state index is 0.162. The zero-order valence-corrected chi connectivity index (χ0v) is 8.85. The molecule has 1 aliphatic rings. The molecule has 1 saturated carbocycles. The highest BCUT2D eigenvalue weighted by Gasteiger charge is 2.41. The molecule has 0 N–H and O–H groups in total. The molecule has 92 valence electrons. The molecule has 1 aromatic rings. The molecule has 0 unspecified atom stereocenters. The normalized spacial score (nSPS) is 16.7. The van der Waals surface area contributed by atoms with Crippen LogP contribution in [0.3, 0.4) is 0 Å². The van der Waals surface area contributed by atoms with Crippen LogP contribution in [0.2, 0.25) is 0 Å². The van der Waals surface area contributed by atoms with E-state index in [1.165, 1.54) is 6.07 Å². The molecule has 1 nitrogen and oxygen atoms in total. The molecule has 17 heavy (non-hydrogen) atoms. The van der Waals surface area contributed by atoms with E-state index in [0.717, 1.165) is 31.4 Å². The summed E-state index contributed by atoms with van der Waals surface area (Å²) in [6.07, 6.45) is -2.25. The number of hydrogen-bond acceptors (Lipinski definition) is 1. The number of Topliss-reactive ketones (excluding diaryl/α,β-unsaturated/α-hetero) is 1. The average Bonchev–Trinajstić information content (AvgIpc) is 2.15. The molecule has 0 saturated heterocycles. The first-order valence-corrected chi connectivity index (χ1v) is 5.30. The largest absolute Gasteiger partial charge is 0.454 e. The van der Waals surface area contributed by atoms with E-state index in [0.29, 0.717) is 5.56 Å². The second-order valence-corrected chi connectivity index (χ2v) is 4.19. The van der Waals surface area contributed by atoms with Crippen LogP contribution in [0.25, 0.3) is 0 Å². The van der Waals surface area contributed by atoms with Crippen molar-refractivity contribution in [2.75, 3.05) is 0 Å². The third-order valence-corrected chi connectivity index (χ3v) is 3.07. The fraction of sp³-hybridized carbons (Fsp3) is 0.417. The van der Waals surface area contributed by atoms with Gasteiger partial charge in [0.15, 0.2) is 0 Å². The van der Waals surface area contributed by atoms with Crippen molar-refractivity contribution in [2.24, 2.45) is 0 Å². The topological polar surface area (TPSA) is 17.1 Å². The van der Waals surface area contributed by atoms with E-state index >= 15 is 0 Å². The van der Waals surface area contributed by atoms with Crippen LogP contribution in [-0.2, 0) is 0 Å². The van der Waals surface area contributed by atoms with E-state index in [9.17, 15) is 22.4 Å². The molecule has 1 fully saturated rings. The lowest BCUT2D eigenvalue weighted by atomic mass is 9.79. The van der Waals surface area contributed by atoms with Gasteiger partial charge in [0.2, 0.25) is 0 Å². The third kappa shape index (κ3) is 2.33. The minimum atomic E-state index is -5.03. The number of carbonyl (C=O) groups excluding carboxylic acids is 1. The van der Waals surface area contributed by atoms with Crippen molar-refractivity contribution in [3.8, 4) is 0 Å². The standard InChI is InChI=1S/C12H10F4O/c13-10-5-4-8(7-2-1-3-7)6-9(10)11(17)12(14,15)16/h4-7H,1-3H2. The van der Waals surface area contributed by atoms with E-state index in [2.05, 4.69) is 0 Å². The highest BCUT2D eigenvalue weighted by molar-refractivity contribution is 6.00. The SMILES string of the molecule is O=C(c1cc(C2CCC2)ccc1F)C(F)(F)F. The predicted octanol–water partition coefficient (Wildman–Crippen LogP) is 3.84. The summed E-state index contributed by atoms with van der Waals surface area (Å²) in [4.78, 5) is 11.0. The van der Waals surface area contributed by atoms with Crippen molar-refractivity contribution in [1.82, 2.24) is 0 Å². The zero-order chi connectivity index (χ0) is 12.6. The van der Waals surface area contributed by atoms with Crippen LogP contribution in [-0.4, -0.2) is 12.0 Å². The molecular formula is C12H10F4O. The van der Waals surface area contributed by atoms with Crippen molar-refractivity contribution in [1.29, 1.82) is 0 Å². The Bertz CT molecular complexity index is 446. The number of carbonyl (C=O) groups is 1. The first kappa shape index (κ1) is 12.1. The van der Waals surface area contributed by atoms with Crippen molar-refractivity contribution in [2.45, 2.75) is 31.4 Å². The lowest BCUT2D eigenvalue weighted by Crippen LogP contribution is -2.24. The molecule has 0 radical (unpaired) electrons. The number of halogens is 4. The Morgan fingerprint density at radius 2 is 1.88 bits per heavy atom. The van der Waals surface area contributed by atoms with Crippen LogP contribution in [0.1, 0.15) is 41.1 Å². The van der Waals surface area contributed by atoms with Gasteiger partial charge in [-0.3, -0.25) is 4.79 Å². The maximum Gasteiger partial charge on any atom is 0.454 e. The van der Waals surface area contributed by atoms with Gasteiger partial charge in [-0.05, 0) is 36.5 Å². The van der Waals surface area contributed by atoms with Crippen LogP contribution in [0.15, 0.2) is 18.2 Å². The third-order valence-electron chi connectivity index (χ3n) is 3.07. The minimum Gasteiger partial charge on any atom is -0.284 e. The fourth-order valence-electron chi connectivity index (χ4n) is 1.87. The Balaban J connectivity index is 2.35. The van der Waals surface area contributed by atoms with Crippen LogP contribution >= 0.6 is 0 Å². The molecule has 0 atom stereocenters. The quantitative estimate of drug-likeness (QED) is 0.572. The Labute approximate surface area is 95.4 Å². The maximum atomic E-state index is 13.2. The first-order valence-electron chi connectivity index (χ1n) is 5.30. The van der Waals surface area contributed by atoms with Crippen LogP contribution in [0, 0.1) is 5.82 Å². The molecule has 0 amide bonds. The summed E-state index contributed by atoms with van der Waals surface area (Å²) in [5.74, 6) is -3.07. The van der Waals surface area contributed by atoms with Crippen LogP contribution < -0.4 is 0 Å². The molecule has 2 rings (SSSR count). The lowest BCUT2D eigenvalue weighted by molar-refractivity contribution is -0.0887. The van der Waals surface area contributed by atoms with Crippen LogP contribution in [0.4, 0.5) is 17.6 Å². The average molecular weight is 246 g/mol. The molecular weight excluding hydrogens is 236 g/mol. The van der Waals surface area contributed by atoms with Gasteiger partial charge in [0.05, 0.1) is 5.56 Å². The summed E-state index contributed by atoms with van der Waals surface area (Å²) in [5, 5.41) is 0. The molecule has 0 heterocycles. The van der Waals surface area contributed by atoms with Gasteiger partial charge in [0.1, 0.15) is 5.82 Å². The monoisotopic (exact) mass is 246 g/mol. The summed E-state index contributed by atoms with van der Waals surface area (Å²) in [6, 6.07) is 3.42. The predicted molar refractivity (Wildman–Crippen MR) is 53.4 cm³/mol. The highest BCUT2D eigenvalue weighted by Crippen LogP contribution is 2.37.